The summed E-state index contributed by atoms with van der Waals surface area (Å²) in [7, 11) is 0. The Morgan fingerprint density at radius 2 is 1.80 bits per heavy atom. The molecule has 0 aromatic carbocycles. The largest absolute Gasteiger partial charge is 0.391 e. The van der Waals surface area contributed by atoms with Gasteiger partial charge in [0.25, 0.3) is 0 Å². The van der Waals surface area contributed by atoms with Gasteiger partial charge >= 0.3 is 0 Å². The van der Waals surface area contributed by atoms with Crippen LogP contribution < -0.4 is 5.32 Å². The van der Waals surface area contributed by atoms with E-state index < -0.39 is 0 Å². The van der Waals surface area contributed by atoms with E-state index in [2.05, 4.69) is 50.4 Å². The van der Waals surface area contributed by atoms with Crippen molar-refractivity contribution in [3.05, 3.63) is 36.6 Å². The van der Waals surface area contributed by atoms with E-state index >= 15 is 0 Å². The fraction of sp³-hybridized carbons (Fsp3) is 0.571. The predicted octanol–water partition coefficient (Wildman–Crippen LogP) is 4.05. The molecule has 86 valence electrons. The second kappa shape index (κ2) is 11.1. The lowest BCUT2D eigenvalue weighted by atomic mass is 10.2. The molecule has 0 heterocycles. The molecule has 1 nitrogen and oxygen atoms in total. The zero-order valence-corrected chi connectivity index (χ0v) is 10.4. The molecule has 0 aliphatic carbocycles. The first-order valence-corrected chi connectivity index (χ1v) is 5.99. The molecule has 0 rings (SSSR count). The second-order valence-electron chi connectivity index (χ2n) is 4.12. The Morgan fingerprint density at radius 1 is 1.07 bits per heavy atom. The average Bonchev–Trinajstić information content (AvgIpc) is 2.20. The summed E-state index contributed by atoms with van der Waals surface area (Å²) >= 11 is 0. The van der Waals surface area contributed by atoms with Gasteiger partial charge in [0.15, 0.2) is 0 Å². The van der Waals surface area contributed by atoms with Crippen LogP contribution in [0.5, 0.6) is 0 Å². The van der Waals surface area contributed by atoms with Crippen LogP contribution in [0, 0.1) is 5.92 Å². The maximum Gasteiger partial charge on any atom is 0.0164 e. The molecule has 0 unspecified atom stereocenters. The van der Waals surface area contributed by atoms with Crippen molar-refractivity contribution in [1.29, 1.82) is 0 Å². The highest BCUT2D eigenvalue weighted by Gasteiger charge is 1.86. The standard InChI is InChI=1S/C14H25N/c1-4-5-6-7-8-9-10-11-12-15-13-14(2)3/h7-12,14-15H,4-6,13H2,1-3H3. The molecule has 0 fully saturated rings. The quantitative estimate of drug-likeness (QED) is 0.468. The Bertz CT molecular complexity index is 199. The van der Waals surface area contributed by atoms with E-state index in [0.717, 1.165) is 6.54 Å². The van der Waals surface area contributed by atoms with Crippen molar-refractivity contribution in [2.24, 2.45) is 5.92 Å². The van der Waals surface area contributed by atoms with E-state index in [1.807, 2.05) is 12.3 Å². The van der Waals surface area contributed by atoms with E-state index in [-0.39, 0.29) is 0 Å². The minimum Gasteiger partial charge on any atom is -0.391 e. The number of allylic oxidation sites excluding steroid dienone is 5. The third-order valence-corrected chi connectivity index (χ3v) is 1.93. The van der Waals surface area contributed by atoms with Gasteiger partial charge in [-0.15, -0.1) is 0 Å². The van der Waals surface area contributed by atoms with Gasteiger partial charge in [-0.25, -0.2) is 0 Å². The number of nitrogens with one attached hydrogen (secondary N) is 1. The summed E-state index contributed by atoms with van der Waals surface area (Å²) < 4.78 is 0. The Balaban J connectivity index is 3.40. The van der Waals surface area contributed by atoms with Crippen molar-refractivity contribution in [2.45, 2.75) is 40.0 Å². The number of unbranched alkanes of at least 4 members (excludes halogenated alkanes) is 2. The zero-order valence-electron chi connectivity index (χ0n) is 10.4. The first-order valence-electron chi connectivity index (χ1n) is 5.99. The van der Waals surface area contributed by atoms with Crippen molar-refractivity contribution < 1.29 is 0 Å². The van der Waals surface area contributed by atoms with Gasteiger partial charge in [-0.3, -0.25) is 0 Å². The lowest BCUT2D eigenvalue weighted by molar-refractivity contribution is 0.611. The molecule has 0 aliphatic rings. The fourth-order valence-corrected chi connectivity index (χ4v) is 1.05. The number of hydrogen-bond donors (Lipinski definition) is 1. The summed E-state index contributed by atoms with van der Waals surface area (Å²) in [6.45, 7) is 7.66. The minimum atomic E-state index is 0.701. The lowest BCUT2D eigenvalue weighted by Gasteiger charge is -2.01. The van der Waals surface area contributed by atoms with E-state index in [9.17, 15) is 0 Å². The molecule has 0 saturated carbocycles. The Hall–Kier alpha value is -0.980. The van der Waals surface area contributed by atoms with Crippen LogP contribution in [-0.4, -0.2) is 6.54 Å². The SMILES string of the molecule is CCCCC=CC=CC=CNCC(C)C. The van der Waals surface area contributed by atoms with Crippen LogP contribution in [0.15, 0.2) is 36.6 Å². The third kappa shape index (κ3) is 13.0. The first kappa shape index (κ1) is 14.0. The fourth-order valence-electron chi connectivity index (χ4n) is 1.05. The highest BCUT2D eigenvalue weighted by molar-refractivity contribution is 5.10. The van der Waals surface area contributed by atoms with Gasteiger partial charge < -0.3 is 5.32 Å². The molecule has 0 aromatic rings. The van der Waals surface area contributed by atoms with Gasteiger partial charge in [-0.2, -0.15) is 0 Å². The van der Waals surface area contributed by atoms with Crippen LogP contribution in [0.25, 0.3) is 0 Å². The number of hydrogen-bond acceptors (Lipinski definition) is 1. The van der Waals surface area contributed by atoms with Gasteiger partial charge in [0.1, 0.15) is 0 Å². The van der Waals surface area contributed by atoms with Crippen LogP contribution in [0.1, 0.15) is 40.0 Å². The van der Waals surface area contributed by atoms with E-state index in [1.165, 1.54) is 19.3 Å². The van der Waals surface area contributed by atoms with Gasteiger partial charge in [0, 0.05) is 6.54 Å². The van der Waals surface area contributed by atoms with Crippen LogP contribution in [0.4, 0.5) is 0 Å². The van der Waals surface area contributed by atoms with E-state index in [1.54, 1.807) is 0 Å². The molecule has 0 radical (unpaired) electrons. The molecule has 1 N–H and O–H groups in total. The summed E-state index contributed by atoms with van der Waals surface area (Å²) in [5.74, 6) is 0.701. The molecule has 0 amide bonds. The summed E-state index contributed by atoms with van der Waals surface area (Å²) in [6.07, 6.45) is 16.2. The van der Waals surface area contributed by atoms with Crippen molar-refractivity contribution >= 4 is 0 Å². The zero-order chi connectivity index (χ0) is 11.4. The van der Waals surface area contributed by atoms with Crippen LogP contribution in [0.2, 0.25) is 0 Å². The predicted molar refractivity (Wildman–Crippen MR) is 69.8 cm³/mol. The van der Waals surface area contributed by atoms with Gasteiger partial charge in [-0.05, 0) is 24.6 Å². The Kier molecular flexibility index (Phi) is 10.4. The summed E-state index contributed by atoms with van der Waals surface area (Å²) in [5, 5.41) is 3.24. The highest BCUT2D eigenvalue weighted by atomic mass is 14.8. The molecule has 0 saturated heterocycles. The smallest absolute Gasteiger partial charge is 0.0164 e. The van der Waals surface area contributed by atoms with Crippen LogP contribution in [0.3, 0.4) is 0 Å². The lowest BCUT2D eigenvalue weighted by Crippen LogP contribution is -2.12. The molecule has 0 bridgehead atoms. The molecule has 0 spiro atoms. The van der Waals surface area contributed by atoms with Gasteiger partial charge in [-0.1, -0.05) is 57.9 Å². The molecule has 1 heteroatoms. The molecule has 0 aliphatic heterocycles. The molecule has 15 heavy (non-hydrogen) atoms. The van der Waals surface area contributed by atoms with Gasteiger partial charge in [0.2, 0.25) is 0 Å². The Labute approximate surface area is 95.0 Å². The van der Waals surface area contributed by atoms with Crippen molar-refractivity contribution in [1.82, 2.24) is 5.32 Å². The monoisotopic (exact) mass is 207 g/mol. The topological polar surface area (TPSA) is 12.0 Å². The van der Waals surface area contributed by atoms with Crippen LogP contribution in [-0.2, 0) is 0 Å². The minimum absolute atomic E-state index is 0.701. The number of rotatable bonds is 8. The maximum absolute atomic E-state index is 3.24. The summed E-state index contributed by atoms with van der Waals surface area (Å²) in [6, 6.07) is 0. The van der Waals surface area contributed by atoms with E-state index in [0.29, 0.717) is 5.92 Å². The molecule has 0 atom stereocenters. The maximum atomic E-state index is 3.24. The summed E-state index contributed by atoms with van der Waals surface area (Å²) in [5.41, 5.74) is 0. The van der Waals surface area contributed by atoms with E-state index in [4.69, 9.17) is 0 Å². The van der Waals surface area contributed by atoms with Crippen molar-refractivity contribution in [2.75, 3.05) is 6.54 Å². The second-order valence-corrected chi connectivity index (χ2v) is 4.12. The average molecular weight is 207 g/mol. The summed E-state index contributed by atoms with van der Waals surface area (Å²) in [4.78, 5) is 0. The molecule has 0 aromatic heterocycles. The first-order chi connectivity index (χ1) is 7.27. The normalized spacial score (nSPS) is 12.5. The van der Waals surface area contributed by atoms with Crippen LogP contribution >= 0.6 is 0 Å². The Morgan fingerprint density at radius 3 is 2.47 bits per heavy atom. The van der Waals surface area contributed by atoms with Crippen molar-refractivity contribution in [3.63, 3.8) is 0 Å². The molecular weight excluding hydrogens is 182 g/mol. The molecular formula is C14H25N. The highest BCUT2D eigenvalue weighted by Crippen LogP contribution is 1.94. The van der Waals surface area contributed by atoms with Crippen molar-refractivity contribution in [3.8, 4) is 0 Å². The third-order valence-electron chi connectivity index (χ3n) is 1.93. The van der Waals surface area contributed by atoms with Gasteiger partial charge in [0.05, 0.1) is 0 Å².